The summed E-state index contributed by atoms with van der Waals surface area (Å²) in [6, 6.07) is 16.2. The van der Waals surface area contributed by atoms with Crippen LogP contribution in [0, 0.1) is 5.92 Å². The van der Waals surface area contributed by atoms with Crippen LogP contribution in [-0.4, -0.2) is 52.9 Å². The second-order valence-electron chi connectivity index (χ2n) is 9.17. The lowest BCUT2D eigenvalue weighted by Crippen LogP contribution is -2.54. The summed E-state index contributed by atoms with van der Waals surface area (Å²) >= 11 is 11.7. The smallest absolute Gasteiger partial charge is 0.349 e. The van der Waals surface area contributed by atoms with E-state index in [0.717, 1.165) is 0 Å². The molecule has 2 atom stereocenters. The average Bonchev–Trinajstić information content (AvgIpc) is 2.98. The number of ether oxygens (including phenoxy) is 2. The number of esters is 2. The number of benzene rings is 3. The maximum Gasteiger partial charge on any atom is 0.349 e. The van der Waals surface area contributed by atoms with Crippen molar-refractivity contribution < 1.29 is 43.3 Å². The summed E-state index contributed by atoms with van der Waals surface area (Å²) in [5.41, 5.74) is 4.36. The number of hydrazine groups is 1. The summed E-state index contributed by atoms with van der Waals surface area (Å²) in [5.74, 6) is -6.77. The number of anilines is 1. The molecule has 0 aliphatic heterocycles. The van der Waals surface area contributed by atoms with Crippen molar-refractivity contribution in [3.63, 3.8) is 0 Å². The number of nitrogens with one attached hydrogen (secondary N) is 3. The molecule has 3 amide bonds. The summed E-state index contributed by atoms with van der Waals surface area (Å²) in [6.07, 6.45) is -4.59. The molecule has 3 rings (SSSR count). The van der Waals surface area contributed by atoms with E-state index < -0.39 is 41.9 Å². The monoisotopic (exact) mass is 629 g/mol. The van der Waals surface area contributed by atoms with E-state index >= 15 is 0 Å². The lowest BCUT2D eigenvalue weighted by Gasteiger charge is -2.23. The molecule has 224 valence electrons. The van der Waals surface area contributed by atoms with E-state index in [0.29, 0.717) is 15.7 Å². The number of carbonyl (C=O) groups is 6. The van der Waals surface area contributed by atoms with Gasteiger partial charge >= 0.3 is 17.9 Å². The summed E-state index contributed by atoms with van der Waals surface area (Å²) < 4.78 is 10.2. The van der Waals surface area contributed by atoms with Crippen molar-refractivity contribution in [3.05, 3.63) is 99.5 Å². The van der Waals surface area contributed by atoms with Crippen molar-refractivity contribution >= 4 is 64.5 Å². The molecule has 43 heavy (non-hydrogen) atoms. The van der Waals surface area contributed by atoms with Gasteiger partial charge in [-0.1, -0.05) is 37.0 Å². The van der Waals surface area contributed by atoms with Crippen molar-refractivity contribution in [2.45, 2.75) is 26.1 Å². The molecular formula is C29H25Cl2N3O9. The van der Waals surface area contributed by atoms with Crippen LogP contribution in [0.25, 0.3) is 0 Å². The number of carbonyl (C=O) groups excluding carboxylic acids is 5. The minimum absolute atomic E-state index is 0.0569. The van der Waals surface area contributed by atoms with E-state index in [-0.39, 0.29) is 28.5 Å². The normalized spacial score (nSPS) is 11.9. The second kappa shape index (κ2) is 14.8. The summed E-state index contributed by atoms with van der Waals surface area (Å²) in [7, 11) is 0. The number of amides is 3. The van der Waals surface area contributed by atoms with Gasteiger partial charge in [0.05, 0.1) is 11.1 Å². The Bertz CT molecular complexity index is 1510. The standard InChI is InChI=1S/C29H25Cl2N3O9/c1-15(2)24(35)32-21-13-7-16(8-14-21)25(36)33-34-26(37)22(42-28(40)17-3-9-19(30)10-4-17)23(27(38)39)43-29(41)18-5-11-20(31)12-6-18/h3-15,22-23H,1-2H3,(H,32,35)(H,33,36)(H,34,37)(H,38,39)/t22-,23-/m0/s1. The third kappa shape index (κ3) is 9.28. The third-order valence-electron chi connectivity index (χ3n) is 5.64. The van der Waals surface area contributed by atoms with E-state index in [2.05, 4.69) is 10.7 Å². The number of carboxylic acid groups (broad SMARTS) is 1. The molecule has 0 saturated carbocycles. The SMILES string of the molecule is CC(C)C(=O)Nc1ccc(C(=O)NNC(=O)[C@@H](OC(=O)c2ccc(Cl)cc2)[C@H](OC(=O)c2ccc(Cl)cc2)C(=O)O)cc1. The van der Waals surface area contributed by atoms with Gasteiger partial charge in [-0.3, -0.25) is 25.2 Å². The number of aliphatic carboxylic acids is 1. The van der Waals surface area contributed by atoms with Crippen molar-refractivity contribution in [3.8, 4) is 0 Å². The quantitative estimate of drug-likeness (QED) is 0.191. The number of carboxylic acids is 1. The Morgan fingerprint density at radius 2 is 1.07 bits per heavy atom. The average molecular weight is 630 g/mol. The molecule has 14 heteroatoms. The molecule has 12 nitrogen and oxygen atoms in total. The van der Waals surface area contributed by atoms with Crippen LogP contribution in [0.1, 0.15) is 44.9 Å². The van der Waals surface area contributed by atoms with Crippen LogP contribution < -0.4 is 16.2 Å². The Morgan fingerprint density at radius 3 is 1.51 bits per heavy atom. The fourth-order valence-electron chi connectivity index (χ4n) is 3.29. The Hall–Kier alpha value is -4.94. The van der Waals surface area contributed by atoms with E-state index in [1.807, 2.05) is 5.43 Å². The molecule has 3 aromatic rings. The predicted molar refractivity (Wildman–Crippen MR) is 154 cm³/mol. The van der Waals surface area contributed by atoms with Gasteiger partial charge in [0, 0.05) is 27.2 Å². The van der Waals surface area contributed by atoms with Crippen LogP contribution in [0.3, 0.4) is 0 Å². The zero-order valence-electron chi connectivity index (χ0n) is 22.6. The fraction of sp³-hybridized carbons (Fsp3) is 0.172. The number of halogens is 2. The highest BCUT2D eigenvalue weighted by Crippen LogP contribution is 2.17. The molecule has 0 aromatic heterocycles. The van der Waals surface area contributed by atoms with Crippen LogP contribution in [0.2, 0.25) is 10.0 Å². The first-order valence-corrected chi connectivity index (χ1v) is 13.3. The Morgan fingerprint density at radius 1 is 0.628 bits per heavy atom. The van der Waals surface area contributed by atoms with Gasteiger partial charge in [0.1, 0.15) is 0 Å². The lowest BCUT2D eigenvalue weighted by atomic mass is 10.1. The molecule has 0 fully saturated rings. The maximum absolute atomic E-state index is 13.1. The summed E-state index contributed by atoms with van der Waals surface area (Å²) in [4.78, 5) is 75.2. The molecule has 0 saturated heterocycles. The first-order valence-electron chi connectivity index (χ1n) is 12.5. The number of rotatable bonds is 10. The van der Waals surface area contributed by atoms with Crippen LogP contribution in [0.5, 0.6) is 0 Å². The van der Waals surface area contributed by atoms with Crippen molar-refractivity contribution in [1.82, 2.24) is 10.9 Å². The maximum atomic E-state index is 13.1. The highest BCUT2D eigenvalue weighted by Gasteiger charge is 2.41. The predicted octanol–water partition coefficient (Wildman–Crippen LogP) is 3.88. The lowest BCUT2D eigenvalue weighted by molar-refractivity contribution is -0.159. The minimum atomic E-state index is -2.33. The van der Waals surface area contributed by atoms with E-state index in [9.17, 15) is 33.9 Å². The fourth-order valence-corrected chi connectivity index (χ4v) is 3.54. The molecule has 0 spiro atoms. The zero-order chi connectivity index (χ0) is 31.7. The van der Waals surface area contributed by atoms with Gasteiger partial charge in [-0.05, 0) is 72.8 Å². The first kappa shape index (κ1) is 32.6. The van der Waals surface area contributed by atoms with Gasteiger partial charge in [-0.25, -0.2) is 14.4 Å². The summed E-state index contributed by atoms with van der Waals surface area (Å²) in [5, 5.41) is 13.1. The van der Waals surface area contributed by atoms with Gasteiger partial charge in [-0.15, -0.1) is 0 Å². The first-order chi connectivity index (χ1) is 20.3. The topological polar surface area (TPSA) is 177 Å². The molecule has 0 aliphatic rings. The highest BCUT2D eigenvalue weighted by molar-refractivity contribution is 6.31. The van der Waals surface area contributed by atoms with E-state index in [1.165, 1.54) is 72.8 Å². The van der Waals surface area contributed by atoms with Crippen LogP contribution in [0.4, 0.5) is 5.69 Å². The Balaban J connectivity index is 1.79. The van der Waals surface area contributed by atoms with Gasteiger partial charge in [-0.2, -0.15) is 0 Å². The molecule has 0 unspecified atom stereocenters. The second-order valence-corrected chi connectivity index (χ2v) is 10.0. The molecular weight excluding hydrogens is 605 g/mol. The van der Waals surface area contributed by atoms with Gasteiger partial charge in [0.15, 0.2) is 0 Å². The third-order valence-corrected chi connectivity index (χ3v) is 6.15. The molecule has 0 heterocycles. The van der Waals surface area contributed by atoms with Crippen molar-refractivity contribution in [2.24, 2.45) is 5.92 Å². The number of hydrogen-bond acceptors (Lipinski definition) is 8. The Labute approximate surface area is 255 Å². The highest BCUT2D eigenvalue weighted by atomic mass is 35.5. The molecule has 0 bridgehead atoms. The van der Waals surface area contributed by atoms with Gasteiger partial charge in [0.2, 0.25) is 18.1 Å². The molecule has 0 radical (unpaired) electrons. The van der Waals surface area contributed by atoms with Crippen LogP contribution in [0.15, 0.2) is 72.8 Å². The Kier molecular flexibility index (Phi) is 11.2. The van der Waals surface area contributed by atoms with Gasteiger partial charge < -0.3 is 19.9 Å². The van der Waals surface area contributed by atoms with E-state index in [1.54, 1.807) is 13.8 Å². The zero-order valence-corrected chi connectivity index (χ0v) is 24.1. The molecule has 0 aliphatic carbocycles. The van der Waals surface area contributed by atoms with Crippen LogP contribution >= 0.6 is 23.2 Å². The minimum Gasteiger partial charge on any atom is -0.478 e. The largest absolute Gasteiger partial charge is 0.478 e. The van der Waals surface area contributed by atoms with Crippen molar-refractivity contribution in [1.29, 1.82) is 0 Å². The molecule has 3 aromatic carbocycles. The van der Waals surface area contributed by atoms with Crippen molar-refractivity contribution in [2.75, 3.05) is 5.32 Å². The van der Waals surface area contributed by atoms with Gasteiger partial charge in [0.25, 0.3) is 11.8 Å². The number of hydrogen-bond donors (Lipinski definition) is 4. The van der Waals surface area contributed by atoms with E-state index in [4.69, 9.17) is 32.7 Å². The molecule has 4 N–H and O–H groups in total. The summed E-state index contributed by atoms with van der Waals surface area (Å²) in [6.45, 7) is 3.43. The van der Waals surface area contributed by atoms with Crippen LogP contribution in [-0.2, 0) is 23.9 Å².